The van der Waals surface area contributed by atoms with Gasteiger partial charge in [-0.25, -0.2) is 4.39 Å². The quantitative estimate of drug-likeness (QED) is 0.687. The summed E-state index contributed by atoms with van der Waals surface area (Å²) in [6.07, 6.45) is 1.29. The topological polar surface area (TPSA) is 87.9 Å². The average Bonchev–Trinajstić information content (AvgIpc) is 3.40. The van der Waals surface area contributed by atoms with E-state index in [9.17, 15) is 19.1 Å². The highest BCUT2D eigenvalue weighted by Gasteiger charge is 2.51. The van der Waals surface area contributed by atoms with E-state index in [1.165, 1.54) is 4.90 Å². The molecule has 2 aliphatic carbocycles. The standard InChI is InChI=1S/C27H33FN4O4/c1-16-4-2-3-5-23(16)36-18-6-9-30(10-7-18)24(34)15-32-21-13-17-12-19(17)25(21)26(29-32)27(35)31-11-8-22(33)20(28)14-31/h2-5,17-20,22,33H,6-15H2,1H3/t17-,19-,20-,22+/m1/s1. The fourth-order valence-electron chi connectivity index (χ4n) is 6.03. The number of aliphatic hydroxyl groups is 1. The number of ether oxygens (including phenoxy) is 1. The molecule has 1 aromatic heterocycles. The lowest BCUT2D eigenvalue weighted by Gasteiger charge is -2.32. The molecule has 3 heterocycles. The number of alkyl halides is 1. The molecule has 9 heteroatoms. The van der Waals surface area contributed by atoms with Gasteiger partial charge in [-0.3, -0.25) is 14.3 Å². The maximum Gasteiger partial charge on any atom is 0.274 e. The maximum atomic E-state index is 14.1. The van der Waals surface area contributed by atoms with Crippen LogP contribution in [0.4, 0.5) is 4.39 Å². The van der Waals surface area contributed by atoms with E-state index in [4.69, 9.17) is 4.74 Å². The molecule has 8 nitrogen and oxygen atoms in total. The van der Waals surface area contributed by atoms with Crippen molar-refractivity contribution in [2.45, 2.75) is 69.9 Å². The first-order valence-corrected chi connectivity index (χ1v) is 13.1. The van der Waals surface area contributed by atoms with E-state index in [1.807, 2.05) is 36.1 Å². The van der Waals surface area contributed by atoms with Crippen LogP contribution < -0.4 is 4.74 Å². The van der Waals surface area contributed by atoms with E-state index in [2.05, 4.69) is 5.10 Å². The number of para-hydroxylation sites is 1. The summed E-state index contributed by atoms with van der Waals surface area (Å²) in [5.74, 6) is 1.46. The van der Waals surface area contributed by atoms with Crippen LogP contribution in [0.1, 0.15) is 58.9 Å². The summed E-state index contributed by atoms with van der Waals surface area (Å²) in [4.78, 5) is 29.8. The summed E-state index contributed by atoms with van der Waals surface area (Å²) in [5, 5.41) is 14.3. The molecule has 2 amide bonds. The van der Waals surface area contributed by atoms with Crippen molar-refractivity contribution in [1.29, 1.82) is 0 Å². The van der Waals surface area contributed by atoms with Crippen LogP contribution in [-0.4, -0.2) is 81.1 Å². The number of hydrogen-bond donors (Lipinski definition) is 1. The highest BCUT2D eigenvalue weighted by atomic mass is 19.1. The van der Waals surface area contributed by atoms with Gasteiger partial charge in [0.05, 0.1) is 12.6 Å². The van der Waals surface area contributed by atoms with Crippen molar-refractivity contribution in [1.82, 2.24) is 19.6 Å². The van der Waals surface area contributed by atoms with Crippen molar-refractivity contribution in [3.63, 3.8) is 0 Å². The maximum absolute atomic E-state index is 14.1. The number of hydrogen-bond acceptors (Lipinski definition) is 5. The molecule has 2 aromatic rings. The Bertz CT molecular complexity index is 1170. The first kappa shape index (κ1) is 23.5. The minimum atomic E-state index is -1.44. The fraction of sp³-hybridized carbons (Fsp3) is 0.593. The number of aryl methyl sites for hydroxylation is 1. The molecular weight excluding hydrogens is 463 g/mol. The van der Waals surface area contributed by atoms with Crippen LogP contribution in [0.2, 0.25) is 0 Å². The fourth-order valence-corrected chi connectivity index (χ4v) is 6.03. The third-order valence-electron chi connectivity index (χ3n) is 8.31. The third-order valence-corrected chi connectivity index (χ3v) is 8.31. The normalized spacial score (nSPS) is 27.5. The Morgan fingerprint density at radius 1 is 1.14 bits per heavy atom. The summed E-state index contributed by atoms with van der Waals surface area (Å²) in [6, 6.07) is 7.97. The molecule has 2 aliphatic heterocycles. The Morgan fingerprint density at radius 3 is 2.64 bits per heavy atom. The molecule has 4 aliphatic rings. The van der Waals surface area contributed by atoms with Gasteiger partial charge in [0, 0.05) is 43.7 Å². The van der Waals surface area contributed by atoms with Crippen molar-refractivity contribution in [3.05, 3.63) is 46.8 Å². The second-order valence-electron chi connectivity index (χ2n) is 10.8. The van der Waals surface area contributed by atoms with E-state index in [0.717, 1.165) is 48.3 Å². The van der Waals surface area contributed by atoms with Gasteiger partial charge in [-0.15, -0.1) is 0 Å². The Labute approximate surface area is 210 Å². The second-order valence-corrected chi connectivity index (χ2v) is 10.8. The SMILES string of the molecule is Cc1ccccc1OC1CCN(C(=O)Cn2nc(C(=O)N3CC[C@H](O)[C@H](F)C3)c3c2C[C@H]2C[C@@H]32)CC1. The molecule has 3 fully saturated rings. The number of amides is 2. The lowest BCUT2D eigenvalue weighted by atomic mass is 10.0. The first-order valence-electron chi connectivity index (χ1n) is 13.1. The Balaban J connectivity index is 1.11. The molecule has 4 atom stereocenters. The molecule has 1 aromatic carbocycles. The van der Waals surface area contributed by atoms with Gasteiger partial charge >= 0.3 is 0 Å². The zero-order chi connectivity index (χ0) is 25.0. The van der Waals surface area contributed by atoms with Crippen LogP contribution in [0.3, 0.4) is 0 Å². The van der Waals surface area contributed by atoms with Crippen LogP contribution in [-0.2, 0) is 17.8 Å². The number of nitrogens with zero attached hydrogens (tertiary/aromatic N) is 4. The smallest absolute Gasteiger partial charge is 0.274 e. The lowest BCUT2D eigenvalue weighted by molar-refractivity contribution is -0.133. The van der Waals surface area contributed by atoms with Crippen LogP contribution >= 0.6 is 0 Å². The number of aliphatic hydroxyl groups excluding tert-OH is 1. The lowest BCUT2D eigenvalue weighted by Crippen LogP contribution is -2.47. The molecule has 0 bridgehead atoms. The van der Waals surface area contributed by atoms with Crippen LogP contribution in [0.25, 0.3) is 0 Å². The molecule has 0 radical (unpaired) electrons. The number of carbonyl (C=O) groups excluding carboxylic acids is 2. The van der Waals surface area contributed by atoms with Gasteiger partial charge in [0.1, 0.15) is 24.6 Å². The zero-order valence-electron chi connectivity index (χ0n) is 20.6. The Hall–Kier alpha value is -2.94. The molecule has 0 unspecified atom stereocenters. The monoisotopic (exact) mass is 496 g/mol. The summed E-state index contributed by atoms with van der Waals surface area (Å²) < 4.78 is 22.0. The van der Waals surface area contributed by atoms with E-state index < -0.39 is 12.3 Å². The van der Waals surface area contributed by atoms with E-state index in [0.29, 0.717) is 37.2 Å². The summed E-state index contributed by atoms with van der Waals surface area (Å²) in [7, 11) is 0. The molecule has 6 rings (SSSR count). The Morgan fingerprint density at radius 2 is 1.89 bits per heavy atom. The molecule has 36 heavy (non-hydrogen) atoms. The number of halogens is 1. The van der Waals surface area contributed by atoms with Gasteiger partial charge in [-0.2, -0.15) is 5.10 Å². The van der Waals surface area contributed by atoms with Crippen molar-refractivity contribution in [3.8, 4) is 5.75 Å². The average molecular weight is 497 g/mol. The molecule has 1 N–H and O–H groups in total. The van der Waals surface area contributed by atoms with Crippen LogP contribution in [0.15, 0.2) is 24.3 Å². The Kier molecular flexibility index (Phi) is 5.98. The molecular formula is C27H33FN4O4. The van der Waals surface area contributed by atoms with E-state index in [-0.39, 0.29) is 37.4 Å². The number of piperidine rings is 2. The largest absolute Gasteiger partial charge is 0.490 e. The second kappa shape index (κ2) is 9.18. The van der Waals surface area contributed by atoms with E-state index in [1.54, 1.807) is 4.68 Å². The number of aromatic nitrogens is 2. The number of carbonyl (C=O) groups is 2. The minimum absolute atomic E-state index is 0.000804. The van der Waals surface area contributed by atoms with Gasteiger partial charge < -0.3 is 19.6 Å². The number of likely N-dealkylation sites (tertiary alicyclic amines) is 2. The first-order chi connectivity index (χ1) is 17.4. The predicted molar refractivity (Wildman–Crippen MR) is 130 cm³/mol. The van der Waals surface area contributed by atoms with Crippen molar-refractivity contribution in [2.24, 2.45) is 5.92 Å². The van der Waals surface area contributed by atoms with Gasteiger partial charge in [-0.1, -0.05) is 18.2 Å². The van der Waals surface area contributed by atoms with Crippen LogP contribution in [0, 0.1) is 12.8 Å². The van der Waals surface area contributed by atoms with Crippen molar-refractivity contribution in [2.75, 3.05) is 26.2 Å². The van der Waals surface area contributed by atoms with Crippen LogP contribution in [0.5, 0.6) is 5.75 Å². The highest BCUT2D eigenvalue weighted by Crippen LogP contribution is 2.57. The van der Waals surface area contributed by atoms with Gasteiger partial charge in [0.15, 0.2) is 5.69 Å². The third kappa shape index (κ3) is 4.27. The predicted octanol–water partition coefficient (Wildman–Crippen LogP) is 2.47. The zero-order valence-corrected chi connectivity index (χ0v) is 20.6. The number of benzene rings is 1. The number of fused-ring (bicyclic) bond motifs is 3. The van der Waals surface area contributed by atoms with Gasteiger partial charge in [-0.05, 0) is 49.7 Å². The molecule has 192 valence electrons. The number of rotatable bonds is 5. The van der Waals surface area contributed by atoms with E-state index >= 15 is 0 Å². The van der Waals surface area contributed by atoms with Crippen molar-refractivity contribution >= 4 is 11.8 Å². The summed E-state index contributed by atoms with van der Waals surface area (Å²) >= 11 is 0. The summed E-state index contributed by atoms with van der Waals surface area (Å²) in [5.41, 5.74) is 3.43. The minimum Gasteiger partial charge on any atom is -0.490 e. The molecule has 1 saturated carbocycles. The molecule has 2 saturated heterocycles. The van der Waals surface area contributed by atoms with Gasteiger partial charge in [0.25, 0.3) is 5.91 Å². The summed E-state index contributed by atoms with van der Waals surface area (Å²) in [6.45, 7) is 3.60. The highest BCUT2D eigenvalue weighted by molar-refractivity contribution is 5.95. The van der Waals surface area contributed by atoms with Crippen molar-refractivity contribution < 1.29 is 23.8 Å². The molecule has 0 spiro atoms. The van der Waals surface area contributed by atoms with Gasteiger partial charge in [0.2, 0.25) is 5.91 Å².